The number of amides is 1. The molecule has 8 heteroatoms. The molecule has 2 aromatic heterocycles. The molecule has 0 unspecified atom stereocenters. The number of aromatic nitrogens is 3. The molecule has 1 amide bonds. The van der Waals surface area contributed by atoms with Crippen molar-refractivity contribution in [1.29, 1.82) is 0 Å². The molecular formula is C16H23Cl2N5O. The fourth-order valence-electron chi connectivity index (χ4n) is 2.78. The Labute approximate surface area is 154 Å². The number of pyridine rings is 1. The first kappa shape index (κ1) is 20.4. The molecule has 0 aliphatic carbocycles. The zero-order valence-corrected chi connectivity index (χ0v) is 15.4. The molecule has 0 saturated carbocycles. The zero-order valence-electron chi connectivity index (χ0n) is 13.8. The van der Waals surface area contributed by atoms with E-state index in [0.717, 1.165) is 43.1 Å². The molecule has 6 nitrogen and oxygen atoms in total. The molecule has 1 fully saturated rings. The van der Waals surface area contributed by atoms with Gasteiger partial charge in [0.1, 0.15) is 0 Å². The molecule has 0 aromatic carbocycles. The summed E-state index contributed by atoms with van der Waals surface area (Å²) in [6.07, 6.45) is 3.36. The fourth-order valence-corrected chi connectivity index (χ4v) is 2.78. The number of hydrogen-bond acceptors (Lipinski definition) is 4. The van der Waals surface area contributed by atoms with Crippen LogP contribution in [0.2, 0.25) is 0 Å². The Bertz CT molecular complexity index is 678. The summed E-state index contributed by atoms with van der Waals surface area (Å²) in [4.78, 5) is 18.7. The second-order valence-electron chi connectivity index (χ2n) is 5.87. The minimum absolute atomic E-state index is 0. The number of carbonyl (C=O) groups is 1. The molecule has 0 bridgehead atoms. The molecule has 2 N–H and O–H groups in total. The molecule has 132 valence electrons. The van der Waals surface area contributed by atoms with E-state index in [1.807, 2.05) is 36.9 Å². The Hall–Kier alpha value is -1.63. The number of rotatable bonds is 2. The highest BCUT2D eigenvalue weighted by molar-refractivity contribution is 5.94. The van der Waals surface area contributed by atoms with Crippen LogP contribution in [0.25, 0.3) is 5.82 Å². The quantitative estimate of drug-likeness (QED) is 0.878. The van der Waals surface area contributed by atoms with Crippen molar-refractivity contribution in [3.05, 3.63) is 41.3 Å². The smallest absolute Gasteiger partial charge is 0.255 e. The first-order chi connectivity index (χ1) is 10.5. The highest BCUT2D eigenvalue weighted by Gasteiger charge is 2.21. The van der Waals surface area contributed by atoms with E-state index in [0.29, 0.717) is 5.56 Å². The number of carbonyl (C=O) groups excluding carboxylic acids is 1. The van der Waals surface area contributed by atoms with Gasteiger partial charge in [-0.25, -0.2) is 9.67 Å². The van der Waals surface area contributed by atoms with E-state index in [1.165, 1.54) is 0 Å². The number of nitrogens with zero attached hydrogens (tertiary/aromatic N) is 4. The number of hydrogen-bond donors (Lipinski definition) is 1. The van der Waals surface area contributed by atoms with E-state index < -0.39 is 0 Å². The second-order valence-corrected chi connectivity index (χ2v) is 5.87. The number of piperidine rings is 1. The maximum atomic E-state index is 12.4. The zero-order chi connectivity index (χ0) is 15.7. The minimum Gasteiger partial charge on any atom is -0.338 e. The lowest BCUT2D eigenvalue weighted by Gasteiger charge is -2.30. The van der Waals surface area contributed by atoms with E-state index in [1.54, 1.807) is 10.9 Å². The van der Waals surface area contributed by atoms with Crippen molar-refractivity contribution >= 4 is 30.7 Å². The van der Waals surface area contributed by atoms with Crippen molar-refractivity contribution in [1.82, 2.24) is 19.7 Å². The van der Waals surface area contributed by atoms with Gasteiger partial charge in [-0.3, -0.25) is 4.79 Å². The average Bonchev–Trinajstić information content (AvgIpc) is 2.86. The van der Waals surface area contributed by atoms with Crippen LogP contribution in [0.15, 0.2) is 24.4 Å². The predicted octanol–water partition coefficient (Wildman–Crippen LogP) is 2.29. The van der Waals surface area contributed by atoms with Crippen LogP contribution in [0, 0.1) is 13.8 Å². The summed E-state index contributed by atoms with van der Waals surface area (Å²) in [5.74, 6) is 0.752. The van der Waals surface area contributed by atoms with Crippen molar-refractivity contribution in [2.75, 3.05) is 13.1 Å². The normalized spacial score (nSPS) is 14.7. The molecule has 3 heterocycles. The lowest BCUT2D eigenvalue weighted by atomic mass is 10.1. The third-order valence-electron chi connectivity index (χ3n) is 4.05. The van der Waals surface area contributed by atoms with Gasteiger partial charge in [-0.2, -0.15) is 5.10 Å². The van der Waals surface area contributed by atoms with E-state index in [2.05, 4.69) is 10.1 Å². The summed E-state index contributed by atoms with van der Waals surface area (Å²) >= 11 is 0. The molecule has 0 spiro atoms. The Kier molecular flexibility index (Phi) is 7.20. The molecule has 0 radical (unpaired) electrons. The summed E-state index contributed by atoms with van der Waals surface area (Å²) in [6.45, 7) is 5.37. The van der Waals surface area contributed by atoms with E-state index in [4.69, 9.17) is 5.73 Å². The molecular weight excluding hydrogens is 349 g/mol. The van der Waals surface area contributed by atoms with Crippen LogP contribution in [-0.2, 0) is 0 Å². The summed E-state index contributed by atoms with van der Waals surface area (Å²) in [7, 11) is 0. The van der Waals surface area contributed by atoms with Crippen LogP contribution in [0.1, 0.15) is 34.6 Å². The summed E-state index contributed by atoms with van der Waals surface area (Å²) in [5, 5.41) is 4.40. The standard InChI is InChI=1S/C16H21N5O.2ClH/c1-11-9-12(2)21(19-11)15-4-3-13(10-18-15)16(22)20-7-5-14(17)6-8-20;;/h3-4,9-10,14H,5-8,17H2,1-2H3;2*1H. The predicted molar refractivity (Wildman–Crippen MR) is 98.4 cm³/mol. The summed E-state index contributed by atoms with van der Waals surface area (Å²) < 4.78 is 1.78. The third-order valence-corrected chi connectivity index (χ3v) is 4.05. The van der Waals surface area contributed by atoms with Crippen LogP contribution in [0.4, 0.5) is 0 Å². The first-order valence-electron chi connectivity index (χ1n) is 7.59. The van der Waals surface area contributed by atoms with Gasteiger partial charge in [0, 0.05) is 31.0 Å². The second kappa shape index (κ2) is 8.46. The lowest BCUT2D eigenvalue weighted by molar-refractivity contribution is 0.0714. The highest BCUT2D eigenvalue weighted by atomic mass is 35.5. The van der Waals surface area contributed by atoms with Crippen LogP contribution in [0.3, 0.4) is 0 Å². The average molecular weight is 372 g/mol. The summed E-state index contributed by atoms with van der Waals surface area (Å²) in [6, 6.07) is 5.87. The fraction of sp³-hybridized carbons (Fsp3) is 0.438. The Morgan fingerprint density at radius 1 is 1.21 bits per heavy atom. The molecule has 2 aromatic rings. The van der Waals surface area contributed by atoms with Gasteiger partial charge in [0.05, 0.1) is 11.3 Å². The lowest BCUT2D eigenvalue weighted by Crippen LogP contribution is -2.42. The van der Waals surface area contributed by atoms with E-state index >= 15 is 0 Å². The van der Waals surface area contributed by atoms with Crippen molar-refractivity contribution in [2.45, 2.75) is 32.7 Å². The minimum atomic E-state index is 0. The highest BCUT2D eigenvalue weighted by Crippen LogP contribution is 2.14. The molecule has 1 aliphatic rings. The van der Waals surface area contributed by atoms with Gasteiger partial charge >= 0.3 is 0 Å². The Morgan fingerprint density at radius 2 is 1.88 bits per heavy atom. The topological polar surface area (TPSA) is 77.0 Å². The largest absolute Gasteiger partial charge is 0.338 e. The van der Waals surface area contributed by atoms with Crippen molar-refractivity contribution in [3.63, 3.8) is 0 Å². The van der Waals surface area contributed by atoms with Crippen LogP contribution >= 0.6 is 24.8 Å². The van der Waals surface area contributed by atoms with Gasteiger partial charge in [0.2, 0.25) is 0 Å². The van der Waals surface area contributed by atoms with Gasteiger partial charge in [0.25, 0.3) is 5.91 Å². The Balaban J connectivity index is 0.00000144. The molecule has 1 aliphatic heterocycles. The molecule has 3 rings (SSSR count). The maximum absolute atomic E-state index is 12.4. The van der Waals surface area contributed by atoms with Gasteiger partial charge < -0.3 is 10.6 Å². The van der Waals surface area contributed by atoms with Crippen LogP contribution in [-0.4, -0.2) is 44.7 Å². The van der Waals surface area contributed by atoms with E-state index in [9.17, 15) is 4.79 Å². The van der Waals surface area contributed by atoms with Crippen molar-refractivity contribution in [3.8, 4) is 5.82 Å². The summed E-state index contributed by atoms with van der Waals surface area (Å²) in [5.41, 5.74) is 8.46. The molecule has 1 saturated heterocycles. The number of aryl methyl sites for hydroxylation is 2. The van der Waals surface area contributed by atoms with E-state index in [-0.39, 0.29) is 36.8 Å². The number of nitrogens with two attached hydrogens (primary N) is 1. The van der Waals surface area contributed by atoms with Crippen molar-refractivity contribution in [2.24, 2.45) is 5.73 Å². The third kappa shape index (κ3) is 4.26. The van der Waals surface area contributed by atoms with Crippen LogP contribution < -0.4 is 5.73 Å². The maximum Gasteiger partial charge on any atom is 0.255 e. The molecule has 0 atom stereocenters. The van der Waals surface area contributed by atoms with Gasteiger partial charge in [0.15, 0.2) is 5.82 Å². The van der Waals surface area contributed by atoms with Gasteiger partial charge in [-0.15, -0.1) is 24.8 Å². The van der Waals surface area contributed by atoms with Gasteiger partial charge in [-0.05, 0) is 44.9 Å². The monoisotopic (exact) mass is 371 g/mol. The SMILES string of the molecule is Cc1cc(C)n(-c2ccc(C(=O)N3CCC(N)CC3)cn2)n1.Cl.Cl. The number of likely N-dealkylation sites (tertiary alicyclic amines) is 1. The van der Waals surface area contributed by atoms with Gasteiger partial charge in [-0.1, -0.05) is 0 Å². The Morgan fingerprint density at radius 3 is 2.38 bits per heavy atom. The molecule has 24 heavy (non-hydrogen) atoms. The first-order valence-corrected chi connectivity index (χ1v) is 7.59. The van der Waals surface area contributed by atoms with Crippen molar-refractivity contribution < 1.29 is 4.79 Å². The number of halogens is 2. The van der Waals surface area contributed by atoms with Crippen LogP contribution in [0.5, 0.6) is 0 Å².